The summed E-state index contributed by atoms with van der Waals surface area (Å²) in [5, 5.41) is 4.04. The highest BCUT2D eigenvalue weighted by atomic mass is 16.5. The fourth-order valence-corrected chi connectivity index (χ4v) is 1.70. The van der Waals surface area contributed by atoms with E-state index in [2.05, 4.69) is 36.5 Å². The average molecular weight is 248 g/mol. The van der Waals surface area contributed by atoms with Crippen LogP contribution in [0.15, 0.2) is 17.2 Å². The highest BCUT2D eigenvalue weighted by molar-refractivity contribution is 6.00. The largest absolute Gasteiger partial charge is 0.449 e. The number of amides is 1. The van der Waals surface area contributed by atoms with E-state index < -0.39 is 6.09 Å². The van der Waals surface area contributed by atoms with E-state index in [9.17, 15) is 4.79 Å². The van der Waals surface area contributed by atoms with Crippen molar-refractivity contribution in [2.75, 3.05) is 6.61 Å². The van der Waals surface area contributed by atoms with Gasteiger partial charge in [-0.1, -0.05) is 6.07 Å². The van der Waals surface area contributed by atoms with Crippen LogP contribution in [0.25, 0.3) is 0 Å². The number of ether oxygens (including phenoxy) is 1. The second kappa shape index (κ2) is 6.19. The summed E-state index contributed by atoms with van der Waals surface area (Å²) in [6.07, 6.45) is -0.529. The molecule has 0 aliphatic carbocycles. The lowest BCUT2D eigenvalue weighted by Crippen LogP contribution is -2.20. The first-order valence-corrected chi connectivity index (χ1v) is 6.01. The number of benzene rings is 1. The van der Waals surface area contributed by atoms with Crippen molar-refractivity contribution in [3.63, 3.8) is 0 Å². The van der Waals surface area contributed by atoms with E-state index in [1.807, 2.05) is 13.8 Å². The SMILES string of the molecule is CCOC(=O)N/N=C(/C)c1cc(C)c(C)cc1C. The normalized spacial score (nSPS) is 11.3. The third-order valence-electron chi connectivity index (χ3n) is 2.82. The summed E-state index contributed by atoms with van der Waals surface area (Å²) in [6.45, 7) is 10.1. The van der Waals surface area contributed by atoms with Crippen molar-refractivity contribution in [1.29, 1.82) is 0 Å². The number of hydrogen-bond donors (Lipinski definition) is 1. The van der Waals surface area contributed by atoms with Gasteiger partial charge in [-0.25, -0.2) is 10.2 Å². The monoisotopic (exact) mass is 248 g/mol. The Morgan fingerprint density at radius 1 is 1.22 bits per heavy atom. The predicted octanol–water partition coefficient (Wildman–Crippen LogP) is 3.08. The summed E-state index contributed by atoms with van der Waals surface area (Å²) in [4.78, 5) is 11.1. The van der Waals surface area contributed by atoms with Crippen LogP contribution in [0.5, 0.6) is 0 Å². The molecule has 0 atom stereocenters. The zero-order chi connectivity index (χ0) is 13.7. The molecule has 0 unspecified atom stereocenters. The van der Waals surface area contributed by atoms with Gasteiger partial charge in [0.05, 0.1) is 12.3 Å². The molecule has 0 heterocycles. The van der Waals surface area contributed by atoms with Gasteiger partial charge in [-0.05, 0) is 57.4 Å². The Morgan fingerprint density at radius 2 is 1.83 bits per heavy atom. The van der Waals surface area contributed by atoms with Crippen LogP contribution in [0.2, 0.25) is 0 Å². The molecule has 1 N–H and O–H groups in total. The van der Waals surface area contributed by atoms with Crippen molar-refractivity contribution < 1.29 is 9.53 Å². The zero-order valence-electron chi connectivity index (χ0n) is 11.6. The lowest BCUT2D eigenvalue weighted by molar-refractivity contribution is 0.152. The highest BCUT2D eigenvalue weighted by Crippen LogP contribution is 2.16. The maximum Gasteiger partial charge on any atom is 0.427 e. The van der Waals surface area contributed by atoms with Crippen molar-refractivity contribution in [1.82, 2.24) is 5.43 Å². The Morgan fingerprint density at radius 3 is 2.44 bits per heavy atom. The summed E-state index contributed by atoms with van der Waals surface area (Å²) in [5.41, 5.74) is 7.78. The fraction of sp³-hybridized carbons (Fsp3) is 0.429. The molecule has 0 saturated heterocycles. The van der Waals surface area contributed by atoms with Gasteiger partial charge in [0.1, 0.15) is 0 Å². The van der Waals surface area contributed by atoms with E-state index in [0.717, 1.165) is 16.8 Å². The lowest BCUT2D eigenvalue weighted by Gasteiger charge is -2.09. The van der Waals surface area contributed by atoms with Gasteiger partial charge in [-0.2, -0.15) is 5.10 Å². The molecule has 0 aliphatic heterocycles. The van der Waals surface area contributed by atoms with Crippen molar-refractivity contribution in [2.45, 2.75) is 34.6 Å². The molecule has 18 heavy (non-hydrogen) atoms. The Bertz CT molecular complexity index is 479. The van der Waals surface area contributed by atoms with Crippen LogP contribution in [0.4, 0.5) is 4.79 Å². The van der Waals surface area contributed by atoms with E-state index in [1.54, 1.807) is 6.92 Å². The Hall–Kier alpha value is -1.84. The first kappa shape index (κ1) is 14.2. The number of nitrogens with one attached hydrogen (secondary N) is 1. The lowest BCUT2D eigenvalue weighted by atomic mass is 9.98. The van der Waals surface area contributed by atoms with Crippen LogP contribution in [0.1, 0.15) is 36.1 Å². The molecule has 0 radical (unpaired) electrons. The molecule has 1 aromatic carbocycles. The number of hydrazone groups is 1. The summed E-state index contributed by atoms with van der Waals surface area (Å²) in [6, 6.07) is 4.20. The molecule has 0 aromatic heterocycles. The van der Waals surface area contributed by atoms with Gasteiger partial charge < -0.3 is 4.74 Å². The van der Waals surface area contributed by atoms with Crippen molar-refractivity contribution in [3.05, 3.63) is 34.4 Å². The van der Waals surface area contributed by atoms with Gasteiger partial charge >= 0.3 is 6.09 Å². The number of nitrogens with zero attached hydrogens (tertiary/aromatic N) is 1. The molecule has 0 aliphatic rings. The molecule has 0 fully saturated rings. The van der Waals surface area contributed by atoms with Gasteiger partial charge in [-0.15, -0.1) is 0 Å². The van der Waals surface area contributed by atoms with Crippen LogP contribution in [0, 0.1) is 20.8 Å². The Balaban J connectivity index is 2.90. The van der Waals surface area contributed by atoms with Gasteiger partial charge in [0.15, 0.2) is 0 Å². The topological polar surface area (TPSA) is 50.7 Å². The fourth-order valence-electron chi connectivity index (χ4n) is 1.70. The van der Waals surface area contributed by atoms with E-state index in [0.29, 0.717) is 6.61 Å². The van der Waals surface area contributed by atoms with Gasteiger partial charge in [0, 0.05) is 5.56 Å². The molecule has 1 amide bonds. The van der Waals surface area contributed by atoms with Crippen molar-refractivity contribution >= 4 is 11.8 Å². The van der Waals surface area contributed by atoms with Gasteiger partial charge in [0.2, 0.25) is 0 Å². The standard InChI is InChI=1S/C14H20N2O2/c1-6-18-14(17)16-15-12(5)13-8-10(3)9(2)7-11(13)4/h7-8H,6H2,1-5H3,(H,16,17)/b15-12-. The van der Waals surface area contributed by atoms with Crippen molar-refractivity contribution in [3.8, 4) is 0 Å². The quantitative estimate of drug-likeness (QED) is 0.660. The van der Waals surface area contributed by atoms with Crippen LogP contribution >= 0.6 is 0 Å². The highest BCUT2D eigenvalue weighted by Gasteiger charge is 2.06. The first-order chi connectivity index (χ1) is 8.45. The first-order valence-electron chi connectivity index (χ1n) is 6.01. The maximum absolute atomic E-state index is 11.1. The Labute approximate surface area is 108 Å². The number of carbonyl (C=O) groups excluding carboxylic acids is 1. The molecule has 1 rings (SSSR count). The summed E-state index contributed by atoms with van der Waals surface area (Å²) in [5.74, 6) is 0. The molecule has 1 aromatic rings. The van der Waals surface area contributed by atoms with Gasteiger partial charge in [0.25, 0.3) is 0 Å². The summed E-state index contributed by atoms with van der Waals surface area (Å²) in [7, 11) is 0. The van der Waals surface area contributed by atoms with Crippen LogP contribution in [-0.2, 0) is 4.74 Å². The molecule has 0 saturated carbocycles. The van der Waals surface area contributed by atoms with Crippen LogP contribution in [0.3, 0.4) is 0 Å². The second-order valence-corrected chi connectivity index (χ2v) is 4.28. The number of aryl methyl sites for hydroxylation is 3. The van der Waals surface area contributed by atoms with Crippen LogP contribution in [-0.4, -0.2) is 18.4 Å². The maximum atomic E-state index is 11.1. The third kappa shape index (κ3) is 3.58. The van der Waals surface area contributed by atoms with E-state index >= 15 is 0 Å². The molecule has 4 heteroatoms. The molecule has 4 nitrogen and oxygen atoms in total. The van der Waals surface area contributed by atoms with E-state index in [1.165, 1.54) is 11.1 Å². The van der Waals surface area contributed by atoms with Gasteiger partial charge in [-0.3, -0.25) is 0 Å². The Kier molecular flexibility index (Phi) is 4.89. The molecular formula is C14H20N2O2. The van der Waals surface area contributed by atoms with E-state index in [-0.39, 0.29) is 0 Å². The molecule has 0 bridgehead atoms. The zero-order valence-corrected chi connectivity index (χ0v) is 11.6. The molecular weight excluding hydrogens is 228 g/mol. The third-order valence-corrected chi connectivity index (χ3v) is 2.82. The molecule has 98 valence electrons. The predicted molar refractivity (Wildman–Crippen MR) is 73.0 cm³/mol. The summed E-state index contributed by atoms with van der Waals surface area (Å²) >= 11 is 0. The second-order valence-electron chi connectivity index (χ2n) is 4.28. The number of rotatable bonds is 3. The van der Waals surface area contributed by atoms with Crippen molar-refractivity contribution in [2.24, 2.45) is 5.10 Å². The minimum absolute atomic E-state index is 0.336. The smallest absolute Gasteiger partial charge is 0.427 e. The molecule has 0 spiro atoms. The number of carbonyl (C=O) groups is 1. The van der Waals surface area contributed by atoms with Crippen LogP contribution < -0.4 is 5.43 Å². The number of hydrogen-bond acceptors (Lipinski definition) is 3. The minimum Gasteiger partial charge on any atom is -0.449 e. The average Bonchev–Trinajstić information content (AvgIpc) is 2.31. The van der Waals surface area contributed by atoms with E-state index in [4.69, 9.17) is 4.74 Å². The summed E-state index contributed by atoms with van der Waals surface area (Å²) < 4.78 is 4.74. The minimum atomic E-state index is -0.529.